The summed E-state index contributed by atoms with van der Waals surface area (Å²) >= 11 is 0. The molecule has 0 aliphatic heterocycles. The lowest BCUT2D eigenvalue weighted by molar-refractivity contribution is -0.131. The van der Waals surface area contributed by atoms with E-state index in [2.05, 4.69) is 12.2 Å². The predicted octanol–water partition coefficient (Wildman–Crippen LogP) is 2.70. The van der Waals surface area contributed by atoms with E-state index in [-0.39, 0.29) is 11.9 Å². The summed E-state index contributed by atoms with van der Waals surface area (Å²) in [5, 5.41) is 11.6. The standard InChI is InChI=1S/C16H19NO3/c1-11-2-8-14(10-11)17-16(20)13-6-3-12(4-7-13)5-9-15(18)19/h3-7,9,11,14H,2,8,10H2,1H3,(H,17,20)(H,18,19)/b9-5+. The van der Waals surface area contributed by atoms with E-state index in [0.29, 0.717) is 11.5 Å². The third-order valence-corrected chi connectivity index (χ3v) is 3.62. The Labute approximate surface area is 118 Å². The highest BCUT2D eigenvalue weighted by Crippen LogP contribution is 2.24. The Balaban J connectivity index is 1.95. The lowest BCUT2D eigenvalue weighted by Crippen LogP contribution is -2.32. The number of hydrogen-bond acceptors (Lipinski definition) is 2. The summed E-state index contributed by atoms with van der Waals surface area (Å²) in [5.74, 6) is -0.358. The Morgan fingerprint density at radius 2 is 1.95 bits per heavy atom. The van der Waals surface area contributed by atoms with Crippen LogP contribution in [0.3, 0.4) is 0 Å². The van der Waals surface area contributed by atoms with E-state index in [9.17, 15) is 9.59 Å². The molecule has 4 nitrogen and oxygen atoms in total. The molecule has 1 amide bonds. The van der Waals surface area contributed by atoms with Gasteiger partial charge in [-0.15, -0.1) is 0 Å². The fraction of sp³-hybridized carbons (Fsp3) is 0.375. The SMILES string of the molecule is CC1CCC(NC(=O)c2ccc(/C=C/C(=O)O)cc2)C1. The van der Waals surface area contributed by atoms with Gasteiger partial charge in [-0.1, -0.05) is 19.1 Å². The molecule has 2 N–H and O–H groups in total. The molecular weight excluding hydrogens is 254 g/mol. The van der Waals surface area contributed by atoms with Crippen LogP contribution in [-0.4, -0.2) is 23.0 Å². The van der Waals surface area contributed by atoms with Crippen molar-refractivity contribution in [2.24, 2.45) is 5.92 Å². The van der Waals surface area contributed by atoms with Crippen molar-refractivity contribution in [2.75, 3.05) is 0 Å². The summed E-state index contributed by atoms with van der Waals surface area (Å²) in [6, 6.07) is 7.20. The summed E-state index contributed by atoms with van der Waals surface area (Å²) in [7, 11) is 0. The van der Waals surface area contributed by atoms with Gasteiger partial charge in [-0.05, 0) is 49.0 Å². The molecular formula is C16H19NO3. The summed E-state index contributed by atoms with van der Waals surface area (Å²) in [5.41, 5.74) is 1.37. The first kappa shape index (κ1) is 14.3. The Morgan fingerprint density at radius 3 is 2.50 bits per heavy atom. The minimum absolute atomic E-state index is 0.0575. The number of hydrogen-bond donors (Lipinski definition) is 2. The number of carbonyl (C=O) groups excluding carboxylic acids is 1. The van der Waals surface area contributed by atoms with Gasteiger partial charge in [0.1, 0.15) is 0 Å². The van der Waals surface area contributed by atoms with E-state index in [4.69, 9.17) is 5.11 Å². The van der Waals surface area contributed by atoms with Crippen LogP contribution in [0, 0.1) is 5.92 Å². The minimum atomic E-state index is -0.984. The molecule has 0 bridgehead atoms. The second kappa shape index (κ2) is 6.37. The van der Waals surface area contributed by atoms with Gasteiger partial charge in [0.25, 0.3) is 5.91 Å². The first-order valence-corrected chi connectivity index (χ1v) is 6.86. The first-order chi connectivity index (χ1) is 9.54. The molecule has 20 heavy (non-hydrogen) atoms. The van der Waals surface area contributed by atoms with Crippen LogP contribution in [0.5, 0.6) is 0 Å². The molecule has 1 aromatic carbocycles. The summed E-state index contributed by atoms with van der Waals surface area (Å²) in [4.78, 5) is 22.5. The van der Waals surface area contributed by atoms with Crippen molar-refractivity contribution in [3.05, 3.63) is 41.5 Å². The summed E-state index contributed by atoms with van der Waals surface area (Å²) in [6.45, 7) is 2.20. The molecule has 2 unspecified atom stereocenters. The zero-order valence-electron chi connectivity index (χ0n) is 11.5. The highest BCUT2D eigenvalue weighted by Gasteiger charge is 2.22. The molecule has 106 valence electrons. The van der Waals surface area contributed by atoms with Gasteiger partial charge in [-0.2, -0.15) is 0 Å². The molecule has 1 aromatic rings. The molecule has 1 aliphatic rings. The highest BCUT2D eigenvalue weighted by atomic mass is 16.4. The van der Waals surface area contributed by atoms with E-state index in [0.717, 1.165) is 24.5 Å². The maximum absolute atomic E-state index is 12.1. The molecule has 1 aliphatic carbocycles. The molecule has 0 spiro atoms. The second-order valence-corrected chi connectivity index (χ2v) is 5.38. The molecule has 1 saturated carbocycles. The fourth-order valence-corrected chi connectivity index (χ4v) is 2.52. The van der Waals surface area contributed by atoms with Crippen molar-refractivity contribution >= 4 is 18.0 Å². The van der Waals surface area contributed by atoms with E-state index in [1.54, 1.807) is 24.3 Å². The summed E-state index contributed by atoms with van der Waals surface area (Å²) in [6.07, 6.45) is 5.85. The molecule has 4 heteroatoms. The van der Waals surface area contributed by atoms with Gasteiger partial charge in [0.15, 0.2) is 0 Å². The zero-order chi connectivity index (χ0) is 14.5. The van der Waals surface area contributed by atoms with Crippen molar-refractivity contribution in [1.29, 1.82) is 0 Å². The molecule has 0 heterocycles. The molecule has 0 aromatic heterocycles. The van der Waals surface area contributed by atoms with E-state index in [1.165, 1.54) is 12.5 Å². The Bertz CT molecular complexity index is 519. The molecule has 2 atom stereocenters. The minimum Gasteiger partial charge on any atom is -0.478 e. The lowest BCUT2D eigenvalue weighted by atomic mass is 10.1. The van der Waals surface area contributed by atoms with Crippen LogP contribution in [-0.2, 0) is 4.79 Å². The second-order valence-electron chi connectivity index (χ2n) is 5.38. The Morgan fingerprint density at radius 1 is 1.25 bits per heavy atom. The normalized spacial score (nSPS) is 22.1. The Kier molecular flexibility index (Phi) is 4.56. The largest absolute Gasteiger partial charge is 0.478 e. The maximum atomic E-state index is 12.1. The molecule has 0 saturated heterocycles. The number of rotatable bonds is 4. The van der Waals surface area contributed by atoms with Gasteiger partial charge in [-0.3, -0.25) is 4.79 Å². The average Bonchev–Trinajstić information content (AvgIpc) is 2.82. The van der Waals surface area contributed by atoms with Gasteiger partial charge in [-0.25, -0.2) is 4.79 Å². The predicted molar refractivity (Wildman–Crippen MR) is 77.4 cm³/mol. The highest BCUT2D eigenvalue weighted by molar-refractivity contribution is 5.94. The monoisotopic (exact) mass is 273 g/mol. The molecule has 2 rings (SSSR count). The van der Waals surface area contributed by atoms with E-state index in [1.807, 2.05) is 0 Å². The number of carboxylic acid groups (broad SMARTS) is 1. The number of nitrogens with one attached hydrogen (secondary N) is 1. The smallest absolute Gasteiger partial charge is 0.328 e. The van der Waals surface area contributed by atoms with Gasteiger partial charge < -0.3 is 10.4 Å². The van der Waals surface area contributed by atoms with Crippen LogP contribution in [0.25, 0.3) is 6.08 Å². The number of amides is 1. The summed E-state index contributed by atoms with van der Waals surface area (Å²) < 4.78 is 0. The lowest BCUT2D eigenvalue weighted by Gasteiger charge is -2.12. The third-order valence-electron chi connectivity index (χ3n) is 3.62. The topological polar surface area (TPSA) is 66.4 Å². The van der Waals surface area contributed by atoms with Crippen LogP contribution in [0.15, 0.2) is 30.3 Å². The molecule has 0 radical (unpaired) electrons. The third kappa shape index (κ3) is 3.95. The van der Waals surface area contributed by atoms with Crippen LogP contribution in [0.1, 0.15) is 42.1 Å². The van der Waals surface area contributed by atoms with Crippen LogP contribution in [0.2, 0.25) is 0 Å². The van der Waals surface area contributed by atoms with Crippen molar-refractivity contribution in [1.82, 2.24) is 5.32 Å². The van der Waals surface area contributed by atoms with Gasteiger partial charge >= 0.3 is 5.97 Å². The zero-order valence-corrected chi connectivity index (χ0v) is 11.5. The van der Waals surface area contributed by atoms with E-state index < -0.39 is 5.97 Å². The van der Waals surface area contributed by atoms with Crippen LogP contribution in [0.4, 0.5) is 0 Å². The number of carbonyl (C=O) groups is 2. The quantitative estimate of drug-likeness (QED) is 0.829. The van der Waals surface area contributed by atoms with Crippen LogP contribution >= 0.6 is 0 Å². The van der Waals surface area contributed by atoms with Crippen molar-refractivity contribution in [3.8, 4) is 0 Å². The number of benzene rings is 1. The molecule has 1 fully saturated rings. The van der Waals surface area contributed by atoms with Crippen molar-refractivity contribution < 1.29 is 14.7 Å². The Hall–Kier alpha value is -2.10. The maximum Gasteiger partial charge on any atom is 0.328 e. The van der Waals surface area contributed by atoms with Gasteiger partial charge in [0.05, 0.1) is 0 Å². The van der Waals surface area contributed by atoms with Gasteiger partial charge in [0, 0.05) is 17.7 Å². The van der Waals surface area contributed by atoms with Crippen molar-refractivity contribution in [3.63, 3.8) is 0 Å². The fourth-order valence-electron chi connectivity index (χ4n) is 2.52. The average molecular weight is 273 g/mol. The first-order valence-electron chi connectivity index (χ1n) is 6.86. The number of aliphatic carboxylic acids is 1. The van der Waals surface area contributed by atoms with Gasteiger partial charge in [0.2, 0.25) is 0 Å². The van der Waals surface area contributed by atoms with Crippen LogP contribution < -0.4 is 5.32 Å². The van der Waals surface area contributed by atoms with Crippen molar-refractivity contribution in [2.45, 2.75) is 32.2 Å². The number of carboxylic acids is 1. The van der Waals surface area contributed by atoms with E-state index >= 15 is 0 Å².